The van der Waals surface area contributed by atoms with E-state index in [2.05, 4.69) is 38.5 Å². The first-order valence-electron chi connectivity index (χ1n) is 11.8. The predicted molar refractivity (Wildman–Crippen MR) is 128 cm³/mol. The van der Waals surface area contributed by atoms with Crippen molar-refractivity contribution < 1.29 is 9.18 Å². The van der Waals surface area contributed by atoms with Crippen molar-refractivity contribution in [3.05, 3.63) is 42.4 Å². The first-order valence-corrected chi connectivity index (χ1v) is 11.8. The number of carbonyl (C=O) groups excluding carboxylic acids is 1. The second kappa shape index (κ2) is 9.57. The number of nitrogens with zero attached hydrogens (tertiary/aromatic N) is 5. The average molecular weight is 451 g/mol. The van der Waals surface area contributed by atoms with Crippen molar-refractivity contribution in [2.45, 2.75) is 38.4 Å². The van der Waals surface area contributed by atoms with Crippen molar-refractivity contribution >= 4 is 22.5 Å². The Morgan fingerprint density at radius 1 is 1.09 bits per heavy atom. The van der Waals surface area contributed by atoms with Crippen LogP contribution in [0, 0.1) is 0 Å². The topological polar surface area (TPSA) is 66.3 Å². The minimum atomic E-state index is -0.831. The van der Waals surface area contributed by atoms with Crippen molar-refractivity contribution in [1.29, 1.82) is 0 Å². The van der Waals surface area contributed by atoms with E-state index in [9.17, 15) is 9.18 Å². The van der Waals surface area contributed by atoms with Crippen LogP contribution in [0.2, 0.25) is 0 Å². The maximum absolute atomic E-state index is 13.4. The Morgan fingerprint density at radius 2 is 1.94 bits per heavy atom. The van der Waals surface area contributed by atoms with Crippen LogP contribution in [0.1, 0.15) is 31.4 Å². The monoisotopic (exact) mass is 450 g/mol. The molecule has 1 aromatic carbocycles. The summed E-state index contributed by atoms with van der Waals surface area (Å²) >= 11 is 0. The Labute approximate surface area is 193 Å². The molecular formula is C25H31FN6O. The molecule has 7 nitrogen and oxygen atoms in total. The molecule has 5 rings (SSSR count). The van der Waals surface area contributed by atoms with Crippen LogP contribution in [0.5, 0.6) is 0 Å². The SMILES string of the molecule is Cn1ncc(-c2ccc3cnc(NC(=O)CN4CC[C@H](F)C4)cc3c2)c1CN1CCCCC1. The molecule has 0 unspecified atom stereocenters. The lowest BCUT2D eigenvalue weighted by Crippen LogP contribution is -2.32. The number of rotatable bonds is 6. The summed E-state index contributed by atoms with van der Waals surface area (Å²) in [4.78, 5) is 21.1. The van der Waals surface area contributed by atoms with Gasteiger partial charge in [0.15, 0.2) is 0 Å². The number of halogens is 1. The van der Waals surface area contributed by atoms with E-state index in [4.69, 9.17) is 0 Å². The number of hydrogen-bond acceptors (Lipinski definition) is 5. The number of alkyl halides is 1. The largest absolute Gasteiger partial charge is 0.310 e. The molecule has 0 bridgehead atoms. The van der Waals surface area contributed by atoms with Gasteiger partial charge in [-0.2, -0.15) is 5.10 Å². The molecule has 2 aromatic heterocycles. The fourth-order valence-corrected chi connectivity index (χ4v) is 4.91. The summed E-state index contributed by atoms with van der Waals surface area (Å²) in [7, 11) is 2.01. The molecule has 1 atom stereocenters. The summed E-state index contributed by atoms with van der Waals surface area (Å²) in [5, 5.41) is 9.43. The number of nitrogens with one attached hydrogen (secondary N) is 1. The van der Waals surface area contributed by atoms with Crippen molar-refractivity contribution in [3.63, 3.8) is 0 Å². The number of aryl methyl sites for hydroxylation is 1. The van der Waals surface area contributed by atoms with Crippen molar-refractivity contribution in [3.8, 4) is 11.1 Å². The number of pyridine rings is 1. The molecule has 2 aliphatic heterocycles. The first-order chi connectivity index (χ1) is 16.0. The molecule has 1 N–H and O–H groups in total. The van der Waals surface area contributed by atoms with E-state index in [-0.39, 0.29) is 12.5 Å². The molecule has 0 spiro atoms. The van der Waals surface area contributed by atoms with Gasteiger partial charge in [-0.15, -0.1) is 0 Å². The van der Waals surface area contributed by atoms with Gasteiger partial charge in [-0.3, -0.25) is 19.3 Å². The molecule has 4 heterocycles. The third kappa shape index (κ3) is 5.07. The Balaban J connectivity index is 1.34. The smallest absolute Gasteiger partial charge is 0.239 e. The Hall–Kier alpha value is -2.84. The van der Waals surface area contributed by atoms with E-state index in [1.54, 1.807) is 6.20 Å². The fourth-order valence-electron chi connectivity index (χ4n) is 4.91. The summed E-state index contributed by atoms with van der Waals surface area (Å²) in [5.41, 5.74) is 3.47. The number of likely N-dealkylation sites (tertiary alicyclic amines) is 2. The molecule has 174 valence electrons. The number of anilines is 1. The van der Waals surface area contributed by atoms with Gasteiger partial charge in [0.1, 0.15) is 12.0 Å². The second-order valence-electron chi connectivity index (χ2n) is 9.27. The highest BCUT2D eigenvalue weighted by atomic mass is 19.1. The summed E-state index contributed by atoms with van der Waals surface area (Å²) in [5.74, 6) is 0.351. The number of amides is 1. The number of aromatic nitrogens is 3. The van der Waals surface area contributed by atoms with Gasteiger partial charge in [-0.05, 0) is 55.4 Å². The van der Waals surface area contributed by atoms with E-state index in [0.29, 0.717) is 25.3 Å². The summed E-state index contributed by atoms with van der Waals surface area (Å²) in [6.45, 7) is 4.31. The molecule has 0 aliphatic carbocycles. The van der Waals surface area contributed by atoms with Crippen LogP contribution in [0.3, 0.4) is 0 Å². The third-order valence-electron chi connectivity index (χ3n) is 6.77. The standard InChI is InChI=1S/C25H31FN6O/c1-30-23(16-31-8-3-2-4-9-31)22(14-28-30)18-5-6-19-13-27-24(12-20(19)11-18)29-25(33)17-32-10-7-21(26)15-32/h5-6,11-14,21H,2-4,7-10,15-17H2,1H3,(H,27,29,33)/t21-/m0/s1. The highest BCUT2D eigenvalue weighted by molar-refractivity contribution is 5.95. The zero-order valence-electron chi connectivity index (χ0n) is 19.1. The summed E-state index contributed by atoms with van der Waals surface area (Å²) in [6, 6.07) is 8.21. The minimum Gasteiger partial charge on any atom is -0.310 e. The number of fused-ring (bicyclic) bond motifs is 1. The molecule has 8 heteroatoms. The Bertz CT molecular complexity index is 1140. The van der Waals surface area contributed by atoms with Gasteiger partial charge in [-0.25, -0.2) is 9.37 Å². The van der Waals surface area contributed by atoms with Crippen LogP contribution in [0.25, 0.3) is 21.9 Å². The minimum absolute atomic E-state index is 0.164. The highest BCUT2D eigenvalue weighted by Crippen LogP contribution is 2.29. The second-order valence-corrected chi connectivity index (χ2v) is 9.27. The Kier molecular flexibility index (Phi) is 6.37. The predicted octanol–water partition coefficient (Wildman–Crippen LogP) is 3.60. The van der Waals surface area contributed by atoms with E-state index >= 15 is 0 Å². The van der Waals surface area contributed by atoms with E-state index in [1.165, 1.54) is 25.0 Å². The van der Waals surface area contributed by atoms with E-state index < -0.39 is 6.17 Å². The quantitative estimate of drug-likeness (QED) is 0.622. The number of piperidine rings is 1. The normalized spacial score (nSPS) is 19.9. The summed E-state index contributed by atoms with van der Waals surface area (Å²) < 4.78 is 15.3. The van der Waals surface area contributed by atoms with Gasteiger partial charge < -0.3 is 5.32 Å². The zero-order chi connectivity index (χ0) is 22.8. The average Bonchev–Trinajstić information content (AvgIpc) is 3.39. The van der Waals surface area contributed by atoms with Crippen molar-refractivity contribution in [1.82, 2.24) is 24.6 Å². The van der Waals surface area contributed by atoms with Crippen molar-refractivity contribution in [2.75, 3.05) is 38.0 Å². The highest BCUT2D eigenvalue weighted by Gasteiger charge is 2.23. The number of benzene rings is 1. The lowest BCUT2D eigenvalue weighted by molar-refractivity contribution is -0.117. The number of hydrogen-bond donors (Lipinski definition) is 1. The van der Waals surface area contributed by atoms with E-state index in [0.717, 1.165) is 41.5 Å². The molecule has 3 aromatic rings. The fraction of sp³-hybridized carbons (Fsp3) is 0.480. The van der Waals surface area contributed by atoms with Gasteiger partial charge in [0.05, 0.1) is 18.4 Å². The third-order valence-corrected chi connectivity index (χ3v) is 6.77. The molecule has 2 saturated heterocycles. The van der Waals surface area contributed by atoms with Crippen LogP contribution in [-0.2, 0) is 18.4 Å². The first kappa shape index (κ1) is 22.0. The molecule has 1 amide bonds. The maximum Gasteiger partial charge on any atom is 0.239 e. The maximum atomic E-state index is 13.4. The van der Waals surface area contributed by atoms with Crippen LogP contribution < -0.4 is 5.32 Å². The summed E-state index contributed by atoms with van der Waals surface area (Å²) in [6.07, 6.45) is 7.23. The van der Waals surface area contributed by atoms with Gasteiger partial charge in [0.2, 0.25) is 5.91 Å². The van der Waals surface area contributed by atoms with E-state index in [1.807, 2.05) is 28.9 Å². The lowest BCUT2D eigenvalue weighted by Gasteiger charge is -2.26. The zero-order valence-corrected chi connectivity index (χ0v) is 19.1. The van der Waals surface area contributed by atoms with Gasteiger partial charge in [-0.1, -0.05) is 18.6 Å². The molecule has 2 aliphatic rings. The molecule has 0 radical (unpaired) electrons. The molecule has 0 saturated carbocycles. The number of carbonyl (C=O) groups is 1. The Morgan fingerprint density at radius 3 is 2.73 bits per heavy atom. The van der Waals surface area contributed by atoms with Crippen LogP contribution >= 0.6 is 0 Å². The van der Waals surface area contributed by atoms with Crippen LogP contribution in [0.15, 0.2) is 36.7 Å². The molecular weight excluding hydrogens is 419 g/mol. The van der Waals surface area contributed by atoms with Gasteiger partial charge >= 0.3 is 0 Å². The van der Waals surface area contributed by atoms with Crippen LogP contribution in [0.4, 0.5) is 10.2 Å². The lowest BCUT2D eigenvalue weighted by atomic mass is 10.0. The molecule has 2 fully saturated rings. The molecule has 33 heavy (non-hydrogen) atoms. The van der Waals surface area contributed by atoms with Gasteiger partial charge in [0, 0.05) is 43.8 Å². The van der Waals surface area contributed by atoms with Crippen molar-refractivity contribution in [2.24, 2.45) is 7.05 Å². The van der Waals surface area contributed by atoms with Crippen LogP contribution in [-0.4, -0.2) is 69.4 Å². The van der Waals surface area contributed by atoms with Gasteiger partial charge in [0.25, 0.3) is 0 Å².